The molecule has 3 aromatic carbocycles. The number of Topliss-reactive ketones (excluding diaryl/α,β-unsaturated/α-hetero) is 1. The number of unbranched alkanes of at least 4 members (excludes halogenated alkanes) is 4. The highest BCUT2D eigenvalue weighted by atomic mass is 32.1. The molecule has 2 aromatic heterocycles. The lowest BCUT2D eigenvalue weighted by Crippen LogP contribution is -2.39. The van der Waals surface area contributed by atoms with Crippen LogP contribution in [0.2, 0.25) is 0 Å². The SMILES string of the molecule is CCCCCCCOc1ccc(-c2cnc(-c3ccc(C[C@H](CC(=O)c4ccc(C(C)(C)C)s4)C(=O)NC(C(=O)O)c4cccc(OC)c4)cc3)nc2)cc1. The molecule has 0 fully saturated rings. The van der Waals surface area contributed by atoms with Gasteiger partial charge in [-0.2, -0.15) is 0 Å². The molecule has 1 amide bonds. The van der Waals surface area contributed by atoms with E-state index < -0.39 is 23.8 Å². The number of ketones is 1. The first-order valence-electron chi connectivity index (χ1n) is 18.9. The molecule has 0 saturated heterocycles. The van der Waals surface area contributed by atoms with Gasteiger partial charge in [-0.1, -0.05) is 102 Å². The van der Waals surface area contributed by atoms with Crippen LogP contribution in [0.3, 0.4) is 0 Å². The van der Waals surface area contributed by atoms with Gasteiger partial charge in [-0.3, -0.25) is 9.59 Å². The minimum absolute atomic E-state index is 0.0845. The molecule has 2 N–H and O–H groups in total. The van der Waals surface area contributed by atoms with Gasteiger partial charge in [0.25, 0.3) is 0 Å². The number of aromatic nitrogens is 2. The number of nitrogens with one attached hydrogen (secondary N) is 1. The molecule has 5 aromatic rings. The topological polar surface area (TPSA) is 128 Å². The zero-order chi connectivity index (χ0) is 39.4. The molecule has 0 aliphatic rings. The van der Waals surface area contributed by atoms with Crippen LogP contribution in [0, 0.1) is 5.92 Å². The highest BCUT2D eigenvalue weighted by molar-refractivity contribution is 7.14. The number of carbonyl (C=O) groups is 3. The first-order chi connectivity index (χ1) is 26.4. The van der Waals surface area contributed by atoms with Gasteiger partial charge in [0.1, 0.15) is 11.5 Å². The van der Waals surface area contributed by atoms with Crippen LogP contribution >= 0.6 is 11.3 Å². The Morgan fingerprint density at radius 2 is 1.51 bits per heavy atom. The number of hydrogen-bond acceptors (Lipinski definition) is 8. The van der Waals surface area contributed by atoms with Crippen molar-refractivity contribution in [3.05, 3.63) is 118 Å². The molecule has 288 valence electrons. The van der Waals surface area contributed by atoms with Crippen LogP contribution < -0.4 is 14.8 Å². The van der Waals surface area contributed by atoms with Crippen molar-refractivity contribution in [2.24, 2.45) is 5.92 Å². The summed E-state index contributed by atoms with van der Waals surface area (Å²) in [5, 5.41) is 12.8. The van der Waals surface area contributed by atoms with Gasteiger partial charge in [-0.25, -0.2) is 14.8 Å². The lowest BCUT2D eigenvalue weighted by molar-refractivity contribution is -0.142. The second-order valence-electron chi connectivity index (χ2n) is 14.8. The van der Waals surface area contributed by atoms with E-state index in [9.17, 15) is 19.5 Å². The first kappa shape index (κ1) is 40.8. The van der Waals surface area contributed by atoms with E-state index in [0.717, 1.165) is 39.3 Å². The summed E-state index contributed by atoms with van der Waals surface area (Å²) in [6, 6.07) is 24.5. The molecule has 0 spiro atoms. The number of carbonyl (C=O) groups excluding carboxylic acids is 2. The fourth-order valence-electron chi connectivity index (χ4n) is 6.18. The van der Waals surface area contributed by atoms with Crippen LogP contribution in [-0.4, -0.2) is 46.5 Å². The van der Waals surface area contributed by atoms with Crippen LogP contribution in [0.15, 0.2) is 97.3 Å². The van der Waals surface area contributed by atoms with Crippen molar-refractivity contribution in [1.29, 1.82) is 0 Å². The minimum atomic E-state index is -1.33. The van der Waals surface area contributed by atoms with E-state index in [1.165, 1.54) is 44.1 Å². The third-order valence-electron chi connectivity index (χ3n) is 9.43. The predicted octanol–water partition coefficient (Wildman–Crippen LogP) is 9.90. The third-order valence-corrected chi connectivity index (χ3v) is 11.0. The van der Waals surface area contributed by atoms with Gasteiger partial charge in [0.15, 0.2) is 17.6 Å². The molecule has 1 unspecified atom stereocenters. The minimum Gasteiger partial charge on any atom is -0.497 e. The van der Waals surface area contributed by atoms with Crippen molar-refractivity contribution in [1.82, 2.24) is 15.3 Å². The van der Waals surface area contributed by atoms with Crippen molar-refractivity contribution in [3.63, 3.8) is 0 Å². The third kappa shape index (κ3) is 11.6. The number of rotatable bonds is 19. The summed E-state index contributed by atoms with van der Waals surface area (Å²) < 4.78 is 11.2. The molecule has 0 aliphatic heterocycles. The van der Waals surface area contributed by atoms with Crippen LogP contribution in [0.1, 0.15) is 97.9 Å². The maximum absolute atomic E-state index is 13.9. The number of amides is 1. The lowest BCUT2D eigenvalue weighted by Gasteiger charge is -2.21. The Kier molecular flexibility index (Phi) is 14.3. The van der Waals surface area contributed by atoms with Crippen LogP contribution in [0.25, 0.3) is 22.5 Å². The fourth-order valence-corrected chi connectivity index (χ4v) is 7.19. The lowest BCUT2D eigenvalue weighted by atomic mass is 9.91. The summed E-state index contributed by atoms with van der Waals surface area (Å²) in [5.74, 6) is -0.869. The second kappa shape index (κ2) is 19.3. The van der Waals surface area contributed by atoms with Gasteiger partial charge in [-0.15, -0.1) is 11.3 Å². The van der Waals surface area contributed by atoms with Gasteiger partial charge < -0.3 is 19.9 Å². The molecule has 0 aliphatic carbocycles. The molecule has 0 bridgehead atoms. The number of nitrogens with zero attached hydrogens (tertiary/aromatic N) is 2. The standard InChI is InChI=1S/C45H51N3O6S/c1-6-7-8-9-10-24-54-36-20-18-31(19-21-36)35-28-46-42(47-29-35)32-16-14-30(15-17-32)25-34(27-38(49)39-22-23-40(55-39)45(2,3)4)43(50)48-41(44(51)52)33-12-11-13-37(26-33)53-5/h11-23,26,28-29,34,41H,6-10,24-25,27H2,1-5H3,(H,48,50)(H,51,52)/t34-,41?/m1/s1. The largest absolute Gasteiger partial charge is 0.497 e. The van der Waals surface area contributed by atoms with Crippen molar-refractivity contribution < 1.29 is 29.0 Å². The summed E-state index contributed by atoms with van der Waals surface area (Å²) in [5.41, 5.74) is 3.73. The Balaban J connectivity index is 1.28. The molecule has 5 rings (SSSR count). The Morgan fingerprint density at radius 1 is 0.818 bits per heavy atom. The molecule has 10 heteroatoms. The smallest absolute Gasteiger partial charge is 0.330 e. The van der Waals surface area contributed by atoms with E-state index >= 15 is 0 Å². The van der Waals surface area contributed by atoms with Crippen molar-refractivity contribution in [3.8, 4) is 34.0 Å². The van der Waals surface area contributed by atoms with Crippen LogP contribution in [0.4, 0.5) is 0 Å². The van der Waals surface area contributed by atoms with E-state index in [4.69, 9.17) is 9.47 Å². The summed E-state index contributed by atoms with van der Waals surface area (Å²) in [6.07, 6.45) is 9.71. The van der Waals surface area contributed by atoms with Gasteiger partial charge in [0.2, 0.25) is 5.91 Å². The van der Waals surface area contributed by atoms with E-state index in [2.05, 4.69) is 43.0 Å². The molecule has 55 heavy (non-hydrogen) atoms. The molecule has 0 saturated carbocycles. The Labute approximate surface area is 328 Å². The summed E-state index contributed by atoms with van der Waals surface area (Å²) in [7, 11) is 1.49. The second-order valence-corrected chi connectivity index (χ2v) is 15.9. The molecule has 2 atom stereocenters. The van der Waals surface area contributed by atoms with E-state index in [0.29, 0.717) is 28.6 Å². The highest BCUT2D eigenvalue weighted by Gasteiger charge is 2.30. The van der Waals surface area contributed by atoms with E-state index in [1.54, 1.807) is 42.7 Å². The van der Waals surface area contributed by atoms with E-state index in [1.807, 2.05) is 54.6 Å². The van der Waals surface area contributed by atoms with E-state index in [-0.39, 0.29) is 24.0 Å². The number of hydrogen-bond donors (Lipinski definition) is 2. The zero-order valence-electron chi connectivity index (χ0n) is 32.3. The molecular weight excluding hydrogens is 711 g/mol. The maximum atomic E-state index is 13.9. The summed E-state index contributed by atoms with van der Waals surface area (Å²) in [4.78, 5) is 50.7. The normalized spacial score (nSPS) is 12.5. The van der Waals surface area contributed by atoms with Gasteiger partial charge >= 0.3 is 5.97 Å². The fraction of sp³-hybridized carbons (Fsp3) is 0.356. The number of carboxylic acid groups (broad SMARTS) is 1. The number of ether oxygens (including phenoxy) is 2. The summed E-state index contributed by atoms with van der Waals surface area (Å²) in [6.45, 7) is 9.19. The van der Waals surface area contributed by atoms with Crippen molar-refractivity contribution in [2.45, 2.75) is 84.1 Å². The predicted molar refractivity (Wildman–Crippen MR) is 218 cm³/mol. The molecule has 2 heterocycles. The van der Waals surface area contributed by atoms with Gasteiger partial charge in [-0.05, 0) is 71.3 Å². The number of carboxylic acids is 1. The molecule has 0 radical (unpaired) electrons. The van der Waals surface area contributed by atoms with Crippen molar-refractivity contribution in [2.75, 3.05) is 13.7 Å². The van der Waals surface area contributed by atoms with Crippen molar-refractivity contribution >= 4 is 29.0 Å². The highest BCUT2D eigenvalue weighted by Crippen LogP contribution is 2.31. The summed E-state index contributed by atoms with van der Waals surface area (Å²) >= 11 is 1.42. The molecule has 9 nitrogen and oxygen atoms in total. The first-order valence-corrected chi connectivity index (χ1v) is 19.7. The monoisotopic (exact) mass is 761 g/mol. The quantitative estimate of drug-likeness (QED) is 0.0629. The van der Waals surface area contributed by atoms with Gasteiger partial charge in [0, 0.05) is 40.7 Å². The average Bonchev–Trinajstić information content (AvgIpc) is 3.71. The average molecular weight is 762 g/mol. The number of methoxy groups -OCH3 is 1. The van der Waals surface area contributed by atoms with Crippen LogP contribution in [0.5, 0.6) is 11.5 Å². The Morgan fingerprint density at radius 3 is 2.15 bits per heavy atom. The number of benzene rings is 3. The Bertz CT molecular complexity index is 2020. The number of aliphatic carboxylic acids is 1. The van der Waals surface area contributed by atoms with Gasteiger partial charge in [0.05, 0.1) is 18.6 Å². The maximum Gasteiger partial charge on any atom is 0.330 e. The molecular formula is C45H51N3O6S. The Hall–Kier alpha value is -5.35. The number of thiophene rings is 1. The van der Waals surface area contributed by atoms with Crippen LogP contribution in [-0.2, 0) is 21.4 Å². The zero-order valence-corrected chi connectivity index (χ0v) is 33.2.